The monoisotopic (exact) mass is 377 g/mol. The van der Waals surface area contributed by atoms with Crippen LogP contribution in [0.4, 0.5) is 0 Å². The van der Waals surface area contributed by atoms with Gasteiger partial charge in [0.25, 0.3) is 0 Å². The van der Waals surface area contributed by atoms with Crippen molar-refractivity contribution in [2.75, 3.05) is 20.1 Å². The van der Waals surface area contributed by atoms with E-state index in [1.54, 1.807) is 11.1 Å². The summed E-state index contributed by atoms with van der Waals surface area (Å²) in [5.74, 6) is -2.05. The van der Waals surface area contributed by atoms with Crippen LogP contribution in [0.15, 0.2) is 72.3 Å². The Balaban J connectivity index is 0.000000242. The van der Waals surface area contributed by atoms with Gasteiger partial charge in [0, 0.05) is 31.2 Å². The summed E-state index contributed by atoms with van der Waals surface area (Å²) in [5, 5.41) is 15.6. The highest BCUT2D eigenvalue weighted by Gasteiger charge is 2.34. The van der Waals surface area contributed by atoms with E-state index in [-0.39, 0.29) is 0 Å². The number of carbonyl (C=O) groups is 2. The number of fused-ring (bicyclic) bond motifs is 2. The summed E-state index contributed by atoms with van der Waals surface area (Å²) in [5.41, 5.74) is 7.64. The lowest BCUT2D eigenvalue weighted by atomic mass is 9.87. The number of aliphatic carboxylic acids is 2. The molecule has 2 aliphatic rings. The van der Waals surface area contributed by atoms with Crippen molar-refractivity contribution in [3.8, 4) is 0 Å². The standard InChI is InChI=1S/C19H19N.C4H4O4/c1-20-12-11-16-15-9-5-6-10-17(15)19(18(16)13-20)14-7-3-2-4-8-14;5-3(6)1-2-4(7)8/h2-10,19H,11-13H2,1H3;1-2H,(H,5,6)(H,7,8)/b;2-1-. The van der Waals surface area contributed by atoms with Crippen molar-refractivity contribution < 1.29 is 19.8 Å². The molecule has 5 heteroatoms. The first-order chi connectivity index (χ1) is 13.5. The van der Waals surface area contributed by atoms with Crippen LogP contribution in [0.25, 0.3) is 5.57 Å². The van der Waals surface area contributed by atoms with E-state index in [9.17, 15) is 9.59 Å². The van der Waals surface area contributed by atoms with Gasteiger partial charge in [-0.05, 0) is 41.3 Å². The Morgan fingerprint density at radius 1 is 0.964 bits per heavy atom. The van der Waals surface area contributed by atoms with Crippen molar-refractivity contribution >= 4 is 17.5 Å². The number of likely N-dealkylation sites (N-methyl/N-ethyl adjacent to an activating group) is 1. The zero-order valence-electron chi connectivity index (χ0n) is 15.7. The highest BCUT2D eigenvalue weighted by atomic mass is 16.4. The fourth-order valence-electron chi connectivity index (χ4n) is 3.88. The predicted molar refractivity (Wildman–Crippen MR) is 108 cm³/mol. The molecule has 0 spiro atoms. The van der Waals surface area contributed by atoms with Gasteiger partial charge in [0.1, 0.15) is 0 Å². The van der Waals surface area contributed by atoms with Crippen LogP contribution >= 0.6 is 0 Å². The lowest BCUT2D eigenvalue weighted by molar-refractivity contribution is -0.134. The van der Waals surface area contributed by atoms with E-state index in [1.165, 1.54) is 29.7 Å². The first-order valence-corrected chi connectivity index (χ1v) is 9.16. The molecule has 1 aliphatic heterocycles. The average Bonchev–Trinajstić information content (AvgIpc) is 3.01. The second-order valence-electron chi connectivity index (χ2n) is 6.93. The van der Waals surface area contributed by atoms with Gasteiger partial charge in [-0.2, -0.15) is 0 Å². The minimum atomic E-state index is -1.26. The number of hydrogen-bond acceptors (Lipinski definition) is 3. The number of benzene rings is 2. The summed E-state index contributed by atoms with van der Waals surface area (Å²) in [6, 6.07) is 19.9. The van der Waals surface area contributed by atoms with Crippen molar-refractivity contribution in [1.29, 1.82) is 0 Å². The van der Waals surface area contributed by atoms with Crippen molar-refractivity contribution in [2.24, 2.45) is 0 Å². The third-order valence-electron chi connectivity index (χ3n) is 5.02. The van der Waals surface area contributed by atoms with Crippen molar-refractivity contribution in [1.82, 2.24) is 4.90 Å². The molecule has 0 fully saturated rings. The molecule has 0 radical (unpaired) electrons. The Morgan fingerprint density at radius 2 is 1.57 bits per heavy atom. The summed E-state index contributed by atoms with van der Waals surface area (Å²) in [6.07, 6.45) is 2.30. The number of carboxylic acid groups (broad SMARTS) is 2. The van der Waals surface area contributed by atoms with Crippen molar-refractivity contribution in [3.63, 3.8) is 0 Å². The zero-order valence-corrected chi connectivity index (χ0v) is 15.7. The maximum atomic E-state index is 9.55. The van der Waals surface area contributed by atoms with Crippen LogP contribution < -0.4 is 0 Å². The Hall–Kier alpha value is -3.18. The molecule has 1 heterocycles. The van der Waals surface area contributed by atoms with Gasteiger partial charge in [0.05, 0.1) is 0 Å². The second kappa shape index (κ2) is 8.67. The van der Waals surface area contributed by atoms with Crippen LogP contribution in [0.2, 0.25) is 0 Å². The Labute approximate surface area is 164 Å². The molecule has 2 N–H and O–H groups in total. The molecule has 0 saturated heterocycles. The summed E-state index contributed by atoms with van der Waals surface area (Å²) < 4.78 is 0. The second-order valence-corrected chi connectivity index (χ2v) is 6.93. The first kappa shape index (κ1) is 19.6. The number of carboxylic acids is 2. The molecule has 1 unspecified atom stereocenters. The number of rotatable bonds is 3. The normalized spacial score (nSPS) is 18.2. The van der Waals surface area contributed by atoms with Crippen LogP contribution in [-0.4, -0.2) is 47.2 Å². The summed E-state index contributed by atoms with van der Waals surface area (Å²) in [6.45, 7) is 2.28. The van der Waals surface area contributed by atoms with Gasteiger partial charge in [-0.3, -0.25) is 0 Å². The van der Waals surface area contributed by atoms with E-state index in [0.29, 0.717) is 18.1 Å². The molecule has 4 rings (SSSR count). The van der Waals surface area contributed by atoms with E-state index in [2.05, 4.69) is 66.5 Å². The highest BCUT2D eigenvalue weighted by molar-refractivity contribution is 5.89. The molecular formula is C23H23NO4. The summed E-state index contributed by atoms with van der Waals surface area (Å²) in [4.78, 5) is 21.6. The number of hydrogen-bond donors (Lipinski definition) is 2. The van der Waals surface area contributed by atoms with Crippen molar-refractivity contribution in [2.45, 2.75) is 12.3 Å². The van der Waals surface area contributed by atoms with Crippen LogP contribution in [0.1, 0.15) is 29.0 Å². The molecule has 1 atom stereocenters. The summed E-state index contributed by atoms with van der Waals surface area (Å²) in [7, 11) is 2.23. The molecule has 5 nitrogen and oxygen atoms in total. The van der Waals surface area contributed by atoms with E-state index >= 15 is 0 Å². The summed E-state index contributed by atoms with van der Waals surface area (Å²) >= 11 is 0. The molecule has 144 valence electrons. The largest absolute Gasteiger partial charge is 0.478 e. The maximum absolute atomic E-state index is 9.55. The smallest absolute Gasteiger partial charge is 0.328 e. The molecule has 1 aliphatic carbocycles. The third kappa shape index (κ3) is 4.38. The molecule has 2 aromatic carbocycles. The topological polar surface area (TPSA) is 77.8 Å². The molecule has 0 bridgehead atoms. The maximum Gasteiger partial charge on any atom is 0.328 e. The molecule has 2 aromatic rings. The molecular weight excluding hydrogens is 354 g/mol. The van der Waals surface area contributed by atoms with Gasteiger partial charge in [-0.15, -0.1) is 0 Å². The Kier molecular flexibility index (Phi) is 6.06. The minimum absolute atomic E-state index is 0.463. The lowest BCUT2D eigenvalue weighted by Gasteiger charge is -2.27. The van der Waals surface area contributed by atoms with E-state index in [0.717, 1.165) is 6.54 Å². The molecule has 0 amide bonds. The highest BCUT2D eigenvalue weighted by Crippen LogP contribution is 2.48. The van der Waals surface area contributed by atoms with Gasteiger partial charge in [0.15, 0.2) is 0 Å². The van der Waals surface area contributed by atoms with Crippen LogP contribution in [0.3, 0.4) is 0 Å². The SMILES string of the molecule is CN1CCC2=C(C1)C(c1ccccc1)c1ccccc12.O=C(O)/C=C\C(=O)O. The molecule has 28 heavy (non-hydrogen) atoms. The Morgan fingerprint density at radius 3 is 2.21 bits per heavy atom. The van der Waals surface area contributed by atoms with Crippen LogP contribution in [0, 0.1) is 0 Å². The fourth-order valence-corrected chi connectivity index (χ4v) is 3.88. The quantitative estimate of drug-likeness (QED) is 0.799. The van der Waals surface area contributed by atoms with Gasteiger partial charge in [-0.25, -0.2) is 9.59 Å². The van der Waals surface area contributed by atoms with E-state index < -0.39 is 11.9 Å². The van der Waals surface area contributed by atoms with Gasteiger partial charge in [-0.1, -0.05) is 54.6 Å². The van der Waals surface area contributed by atoms with Gasteiger partial charge in [0.2, 0.25) is 0 Å². The lowest BCUT2D eigenvalue weighted by Crippen LogP contribution is -2.27. The zero-order chi connectivity index (χ0) is 20.1. The number of nitrogens with zero attached hydrogens (tertiary/aromatic N) is 1. The van der Waals surface area contributed by atoms with E-state index in [1.807, 2.05) is 0 Å². The predicted octanol–water partition coefficient (Wildman–Crippen LogP) is 3.63. The first-order valence-electron chi connectivity index (χ1n) is 9.16. The van der Waals surface area contributed by atoms with Gasteiger partial charge < -0.3 is 15.1 Å². The fraction of sp³-hybridized carbons (Fsp3) is 0.217. The van der Waals surface area contributed by atoms with Crippen molar-refractivity contribution in [3.05, 3.63) is 89.0 Å². The molecule has 0 aromatic heterocycles. The van der Waals surface area contributed by atoms with Crippen LogP contribution in [-0.2, 0) is 9.59 Å². The Bertz CT molecular complexity index is 915. The van der Waals surface area contributed by atoms with Gasteiger partial charge >= 0.3 is 11.9 Å². The average molecular weight is 377 g/mol. The van der Waals surface area contributed by atoms with E-state index in [4.69, 9.17) is 10.2 Å². The third-order valence-corrected chi connectivity index (χ3v) is 5.02. The molecule has 0 saturated carbocycles. The van der Waals surface area contributed by atoms with Crippen LogP contribution in [0.5, 0.6) is 0 Å². The minimum Gasteiger partial charge on any atom is -0.478 e.